The topological polar surface area (TPSA) is 94.7 Å². The zero-order valence-electron chi connectivity index (χ0n) is 15.1. The molecule has 2 aromatic rings. The zero-order chi connectivity index (χ0) is 18.9. The van der Waals surface area contributed by atoms with E-state index < -0.39 is 0 Å². The molecule has 0 radical (unpaired) electrons. The minimum atomic E-state index is -0.302. The van der Waals surface area contributed by atoms with Crippen LogP contribution in [0.1, 0.15) is 30.2 Å². The van der Waals surface area contributed by atoms with Gasteiger partial charge in [0.2, 0.25) is 6.41 Å². The minimum Gasteiger partial charge on any atom is -0.383 e. The molecule has 8 nitrogen and oxygen atoms in total. The van der Waals surface area contributed by atoms with Crippen molar-refractivity contribution < 1.29 is 9.53 Å². The Balaban J connectivity index is 2.22. The smallest absolute Gasteiger partial charge is 0.332 e. The van der Waals surface area contributed by atoms with Gasteiger partial charge in [-0.2, -0.15) is 5.10 Å². The Morgan fingerprint density at radius 3 is 2.69 bits per heavy atom. The van der Waals surface area contributed by atoms with E-state index in [9.17, 15) is 14.4 Å². The summed E-state index contributed by atoms with van der Waals surface area (Å²) in [6, 6.07) is 0. The molecule has 1 fully saturated rings. The average Bonchev–Trinajstić information content (AvgIpc) is 3.25. The van der Waals surface area contributed by atoms with Crippen molar-refractivity contribution in [2.45, 2.75) is 39.8 Å². The van der Waals surface area contributed by atoms with Crippen LogP contribution < -0.4 is 16.7 Å². The molecule has 2 heterocycles. The predicted octanol–water partition coefficient (Wildman–Crippen LogP) is 1.06. The number of thiophene rings is 1. The maximum absolute atomic E-state index is 13.1. The van der Waals surface area contributed by atoms with E-state index in [1.54, 1.807) is 11.7 Å². The first-order valence-electron chi connectivity index (χ1n) is 8.40. The molecule has 1 N–H and O–H groups in total. The predicted molar refractivity (Wildman–Crippen MR) is 101 cm³/mol. The Kier molecular flexibility index (Phi) is 5.10. The van der Waals surface area contributed by atoms with Crippen LogP contribution >= 0.6 is 11.3 Å². The largest absolute Gasteiger partial charge is 0.383 e. The standard InChI is InChI=1S/C17H22N4O4S/c1-11-12(8-18-19-10-22)26-15-13(11)14(23)21(9-17(2)4-5-17)16(24)20(15)6-7-25-3/h8,10H,4-7,9H2,1-3H3,(H,19,22)/b18-8+. The minimum absolute atomic E-state index is 0.0256. The van der Waals surface area contributed by atoms with Crippen molar-refractivity contribution >= 4 is 34.2 Å². The normalized spacial score (nSPS) is 15.7. The lowest BCUT2D eigenvalue weighted by Gasteiger charge is -2.14. The monoisotopic (exact) mass is 378 g/mol. The van der Waals surface area contributed by atoms with E-state index in [2.05, 4.69) is 17.5 Å². The summed E-state index contributed by atoms with van der Waals surface area (Å²) in [5.41, 5.74) is 2.44. The summed E-state index contributed by atoms with van der Waals surface area (Å²) >= 11 is 1.31. The van der Waals surface area contributed by atoms with Crippen molar-refractivity contribution in [3.8, 4) is 0 Å². The first kappa shape index (κ1) is 18.5. The van der Waals surface area contributed by atoms with Crippen LogP contribution in [0.5, 0.6) is 0 Å². The highest BCUT2D eigenvalue weighted by molar-refractivity contribution is 7.20. The number of nitrogens with one attached hydrogen (secondary N) is 1. The number of fused-ring (bicyclic) bond motifs is 1. The molecule has 0 aromatic carbocycles. The number of amides is 1. The number of methoxy groups -OCH3 is 1. The van der Waals surface area contributed by atoms with E-state index in [1.807, 2.05) is 6.92 Å². The number of hydrazone groups is 1. The van der Waals surface area contributed by atoms with Crippen LogP contribution in [-0.4, -0.2) is 35.5 Å². The van der Waals surface area contributed by atoms with E-state index >= 15 is 0 Å². The molecule has 0 atom stereocenters. The Morgan fingerprint density at radius 2 is 2.08 bits per heavy atom. The maximum Gasteiger partial charge on any atom is 0.332 e. The van der Waals surface area contributed by atoms with Gasteiger partial charge in [-0.15, -0.1) is 11.3 Å². The summed E-state index contributed by atoms with van der Waals surface area (Å²) < 4.78 is 8.09. The van der Waals surface area contributed by atoms with Crippen molar-refractivity contribution in [1.82, 2.24) is 14.6 Å². The van der Waals surface area contributed by atoms with E-state index in [0.717, 1.165) is 23.3 Å². The highest BCUT2D eigenvalue weighted by Crippen LogP contribution is 2.45. The third-order valence-electron chi connectivity index (χ3n) is 4.80. The van der Waals surface area contributed by atoms with Crippen LogP contribution in [0.25, 0.3) is 10.2 Å². The first-order chi connectivity index (χ1) is 12.4. The molecule has 0 bridgehead atoms. The quantitative estimate of drug-likeness (QED) is 0.422. The Hall–Kier alpha value is -2.26. The molecule has 9 heteroatoms. The second-order valence-corrected chi connectivity index (χ2v) is 7.94. The summed E-state index contributed by atoms with van der Waals surface area (Å²) in [6.07, 6.45) is 4.00. The SMILES string of the molecule is COCCn1c(=O)n(CC2(C)CC2)c(=O)c2c(C)c(/C=N/NC=O)sc21. The molecule has 0 unspecified atom stereocenters. The van der Waals surface area contributed by atoms with E-state index in [1.165, 1.54) is 22.1 Å². The molecule has 0 spiro atoms. The number of hydrogen-bond acceptors (Lipinski definition) is 6. The number of carbonyl (C=O) groups is 1. The van der Waals surface area contributed by atoms with Crippen LogP contribution in [0.2, 0.25) is 0 Å². The lowest BCUT2D eigenvalue weighted by atomic mass is 10.1. The van der Waals surface area contributed by atoms with Crippen molar-refractivity contribution in [3.05, 3.63) is 31.3 Å². The van der Waals surface area contributed by atoms with Crippen LogP contribution in [0.15, 0.2) is 14.7 Å². The average molecular weight is 378 g/mol. The molecular formula is C17H22N4O4S. The van der Waals surface area contributed by atoms with Gasteiger partial charge in [-0.3, -0.25) is 18.7 Å². The van der Waals surface area contributed by atoms with Crippen molar-refractivity contribution in [2.24, 2.45) is 10.5 Å². The van der Waals surface area contributed by atoms with E-state index in [4.69, 9.17) is 4.74 Å². The number of hydrogen-bond donors (Lipinski definition) is 1. The molecular weight excluding hydrogens is 356 g/mol. The molecule has 1 aliphatic carbocycles. The molecule has 3 rings (SSSR count). The number of carbonyl (C=O) groups excluding carboxylic acids is 1. The van der Waals surface area contributed by atoms with Gasteiger partial charge < -0.3 is 4.74 Å². The van der Waals surface area contributed by atoms with Gasteiger partial charge in [-0.1, -0.05) is 6.92 Å². The molecule has 0 saturated heterocycles. The molecule has 1 saturated carbocycles. The van der Waals surface area contributed by atoms with E-state index in [0.29, 0.717) is 36.3 Å². The number of rotatable bonds is 8. The second-order valence-electron chi connectivity index (χ2n) is 6.91. The van der Waals surface area contributed by atoms with Gasteiger partial charge in [-0.05, 0) is 30.7 Å². The summed E-state index contributed by atoms with van der Waals surface area (Å²) in [6.45, 7) is 5.09. The third-order valence-corrected chi connectivity index (χ3v) is 6.05. The molecule has 0 aliphatic heterocycles. The molecule has 1 aliphatic rings. The van der Waals surface area contributed by atoms with E-state index in [-0.39, 0.29) is 16.7 Å². The maximum atomic E-state index is 13.1. The zero-order valence-corrected chi connectivity index (χ0v) is 15.9. The molecule has 1 amide bonds. The lowest BCUT2D eigenvalue weighted by molar-refractivity contribution is -0.109. The number of ether oxygens (including phenoxy) is 1. The number of aromatic nitrogens is 2. The van der Waals surface area contributed by atoms with Crippen LogP contribution in [-0.2, 0) is 22.6 Å². The molecule has 140 valence electrons. The summed E-state index contributed by atoms with van der Waals surface area (Å²) in [4.78, 5) is 37.7. The summed E-state index contributed by atoms with van der Waals surface area (Å²) in [5.74, 6) is 0. The highest BCUT2D eigenvalue weighted by atomic mass is 32.1. The van der Waals surface area contributed by atoms with Gasteiger partial charge in [0, 0.05) is 13.7 Å². The van der Waals surface area contributed by atoms with Crippen LogP contribution in [0, 0.1) is 12.3 Å². The Bertz CT molecular complexity index is 981. The fraction of sp³-hybridized carbons (Fsp3) is 0.529. The number of aryl methyl sites for hydroxylation is 1. The molecule has 2 aromatic heterocycles. The Morgan fingerprint density at radius 1 is 1.35 bits per heavy atom. The fourth-order valence-corrected chi connectivity index (χ4v) is 4.12. The highest BCUT2D eigenvalue weighted by Gasteiger charge is 2.38. The van der Waals surface area contributed by atoms with Gasteiger partial charge >= 0.3 is 5.69 Å². The third kappa shape index (κ3) is 3.36. The second kappa shape index (κ2) is 7.16. The van der Waals surface area contributed by atoms with Gasteiger partial charge in [0.1, 0.15) is 4.83 Å². The van der Waals surface area contributed by atoms with Gasteiger partial charge in [0.25, 0.3) is 5.56 Å². The molecule has 26 heavy (non-hydrogen) atoms. The lowest BCUT2D eigenvalue weighted by Crippen LogP contribution is -2.41. The van der Waals surface area contributed by atoms with Crippen molar-refractivity contribution in [2.75, 3.05) is 13.7 Å². The van der Waals surface area contributed by atoms with Gasteiger partial charge in [0.15, 0.2) is 0 Å². The first-order valence-corrected chi connectivity index (χ1v) is 9.21. The van der Waals surface area contributed by atoms with Gasteiger partial charge in [-0.25, -0.2) is 10.2 Å². The van der Waals surface area contributed by atoms with Gasteiger partial charge in [0.05, 0.1) is 29.6 Å². The number of nitrogens with zero attached hydrogens (tertiary/aromatic N) is 3. The van der Waals surface area contributed by atoms with Crippen molar-refractivity contribution in [1.29, 1.82) is 0 Å². The summed E-state index contributed by atoms with van der Waals surface area (Å²) in [7, 11) is 1.58. The van der Waals surface area contributed by atoms with Crippen molar-refractivity contribution in [3.63, 3.8) is 0 Å². The van der Waals surface area contributed by atoms with Crippen LogP contribution in [0.4, 0.5) is 0 Å². The van der Waals surface area contributed by atoms with Crippen LogP contribution in [0.3, 0.4) is 0 Å². The Labute approximate surface area is 154 Å². The summed E-state index contributed by atoms with van der Waals surface area (Å²) in [5, 5.41) is 4.33. The fourth-order valence-electron chi connectivity index (χ4n) is 2.93.